The smallest absolute Gasteiger partial charge is 0.287 e. The third-order valence-corrected chi connectivity index (χ3v) is 4.80. The van der Waals surface area contributed by atoms with E-state index in [2.05, 4.69) is 17.2 Å². The molecule has 0 saturated carbocycles. The second kappa shape index (κ2) is 15.6. The van der Waals surface area contributed by atoms with Crippen LogP contribution in [0.1, 0.15) is 96.8 Å². The minimum absolute atomic E-state index is 0.0343. The highest BCUT2D eigenvalue weighted by Crippen LogP contribution is 2.14. The molecule has 1 rings (SSSR count). The molecule has 0 aromatic carbocycles. The molecule has 0 unspecified atom stereocenters. The maximum Gasteiger partial charge on any atom is 0.287 e. The Labute approximate surface area is 159 Å². The van der Waals surface area contributed by atoms with Gasteiger partial charge in [0.2, 0.25) is 0 Å². The number of hydrogen-bond donors (Lipinski definition) is 1. The Kier molecular flexibility index (Phi) is 13.4. The molecule has 1 aromatic rings. The van der Waals surface area contributed by atoms with E-state index in [-0.39, 0.29) is 5.69 Å². The lowest BCUT2D eigenvalue weighted by Gasteiger charge is -2.05. The lowest BCUT2D eigenvalue weighted by atomic mass is 10.0. The average Bonchev–Trinajstić information content (AvgIpc) is 2.65. The molecule has 0 atom stereocenters. The van der Waals surface area contributed by atoms with Crippen molar-refractivity contribution >= 4 is 11.5 Å². The fourth-order valence-electron chi connectivity index (χ4n) is 3.13. The van der Waals surface area contributed by atoms with Crippen LogP contribution in [0.25, 0.3) is 0 Å². The zero-order valence-electron chi connectivity index (χ0n) is 16.5. The summed E-state index contributed by atoms with van der Waals surface area (Å²) < 4.78 is 0. The van der Waals surface area contributed by atoms with Gasteiger partial charge in [0, 0.05) is 12.6 Å². The van der Waals surface area contributed by atoms with Gasteiger partial charge in [0.1, 0.15) is 12.0 Å². The number of unbranched alkanes of at least 4 members (excludes halogenated alkanes) is 13. The average molecular weight is 364 g/mol. The molecule has 0 radical (unpaired) electrons. The van der Waals surface area contributed by atoms with Crippen molar-refractivity contribution in [3.8, 4) is 0 Å². The number of aromatic nitrogens is 1. The molecule has 0 fully saturated rings. The van der Waals surface area contributed by atoms with Gasteiger partial charge in [0.05, 0.1) is 4.92 Å². The highest BCUT2D eigenvalue weighted by atomic mass is 16.6. The van der Waals surface area contributed by atoms with Crippen molar-refractivity contribution in [1.29, 1.82) is 0 Å². The first-order chi connectivity index (χ1) is 12.7. The van der Waals surface area contributed by atoms with E-state index in [9.17, 15) is 10.1 Å². The summed E-state index contributed by atoms with van der Waals surface area (Å²) in [5, 5.41) is 13.8. The van der Waals surface area contributed by atoms with Crippen LogP contribution in [0.4, 0.5) is 11.5 Å². The minimum atomic E-state index is -0.426. The first-order valence-corrected chi connectivity index (χ1v) is 10.6. The normalized spacial score (nSPS) is 10.8. The van der Waals surface area contributed by atoms with Gasteiger partial charge in [-0.1, -0.05) is 90.4 Å². The van der Waals surface area contributed by atoms with E-state index in [1.807, 2.05) is 0 Å². The molecule has 1 heterocycles. The van der Waals surface area contributed by atoms with Crippen LogP contribution in [0.15, 0.2) is 18.3 Å². The number of anilines is 1. The predicted octanol–water partition coefficient (Wildman–Crippen LogP) is 6.88. The monoisotopic (exact) mass is 363 g/mol. The Morgan fingerprint density at radius 1 is 0.846 bits per heavy atom. The van der Waals surface area contributed by atoms with Crippen LogP contribution in [0.3, 0.4) is 0 Å². The third kappa shape index (κ3) is 11.8. The van der Waals surface area contributed by atoms with Crippen molar-refractivity contribution < 1.29 is 4.92 Å². The quantitative estimate of drug-likeness (QED) is 0.186. The number of nitro groups is 1. The van der Waals surface area contributed by atoms with Crippen LogP contribution in [0, 0.1) is 10.1 Å². The first-order valence-electron chi connectivity index (χ1n) is 10.6. The van der Waals surface area contributed by atoms with Crippen molar-refractivity contribution in [1.82, 2.24) is 4.98 Å². The Bertz CT molecular complexity index is 463. The van der Waals surface area contributed by atoms with E-state index in [1.54, 1.807) is 6.07 Å². The van der Waals surface area contributed by atoms with Crippen molar-refractivity contribution in [3.63, 3.8) is 0 Å². The molecule has 5 nitrogen and oxygen atoms in total. The summed E-state index contributed by atoms with van der Waals surface area (Å²) in [6, 6.07) is 3.16. The van der Waals surface area contributed by atoms with E-state index in [0.29, 0.717) is 5.82 Å². The van der Waals surface area contributed by atoms with Crippen molar-refractivity contribution in [2.24, 2.45) is 0 Å². The number of nitrogens with zero attached hydrogens (tertiary/aromatic N) is 2. The Balaban J connectivity index is 1.83. The van der Waals surface area contributed by atoms with Crippen LogP contribution in [0.5, 0.6) is 0 Å². The van der Waals surface area contributed by atoms with Gasteiger partial charge in [-0.2, -0.15) is 0 Å². The van der Waals surface area contributed by atoms with Gasteiger partial charge < -0.3 is 5.32 Å². The lowest BCUT2D eigenvalue weighted by Crippen LogP contribution is -2.03. The van der Waals surface area contributed by atoms with Crippen LogP contribution in [-0.4, -0.2) is 16.5 Å². The molecule has 1 aromatic heterocycles. The first kappa shape index (κ1) is 22.4. The van der Waals surface area contributed by atoms with Gasteiger partial charge in [0.15, 0.2) is 0 Å². The highest BCUT2D eigenvalue weighted by Gasteiger charge is 2.04. The van der Waals surface area contributed by atoms with Gasteiger partial charge in [-0.15, -0.1) is 0 Å². The number of rotatable bonds is 17. The minimum Gasteiger partial charge on any atom is -0.370 e. The highest BCUT2D eigenvalue weighted by molar-refractivity contribution is 5.39. The molecule has 148 valence electrons. The summed E-state index contributed by atoms with van der Waals surface area (Å²) in [5.74, 6) is 0.713. The largest absolute Gasteiger partial charge is 0.370 e. The van der Waals surface area contributed by atoms with Gasteiger partial charge >= 0.3 is 0 Å². The number of pyridine rings is 1. The van der Waals surface area contributed by atoms with Crippen molar-refractivity contribution in [2.75, 3.05) is 11.9 Å². The van der Waals surface area contributed by atoms with Crippen LogP contribution in [-0.2, 0) is 0 Å². The standard InChI is InChI=1S/C21H37N3O2/c1-2-3-4-5-6-7-8-9-10-11-12-13-14-15-18-22-21-17-16-20(19-23-21)24(25)26/h16-17,19H,2-15,18H2,1H3,(H,22,23). The summed E-state index contributed by atoms with van der Waals surface area (Å²) in [4.78, 5) is 14.2. The van der Waals surface area contributed by atoms with Gasteiger partial charge in [0.25, 0.3) is 5.69 Å². The van der Waals surface area contributed by atoms with E-state index in [4.69, 9.17) is 0 Å². The van der Waals surface area contributed by atoms with Crippen molar-refractivity contribution in [3.05, 3.63) is 28.4 Å². The Hall–Kier alpha value is -1.65. The molecule has 1 N–H and O–H groups in total. The second-order valence-electron chi connectivity index (χ2n) is 7.18. The van der Waals surface area contributed by atoms with Crippen LogP contribution in [0.2, 0.25) is 0 Å². The summed E-state index contributed by atoms with van der Waals surface area (Å²) in [6.07, 6.45) is 20.3. The van der Waals surface area contributed by atoms with Crippen LogP contribution < -0.4 is 5.32 Å². The number of nitrogens with one attached hydrogen (secondary N) is 1. The Morgan fingerprint density at radius 3 is 1.77 bits per heavy atom. The zero-order chi connectivity index (χ0) is 18.9. The molecule has 0 amide bonds. The van der Waals surface area contributed by atoms with Crippen molar-refractivity contribution in [2.45, 2.75) is 96.8 Å². The SMILES string of the molecule is CCCCCCCCCCCCCCCCNc1ccc([N+](=O)[O-])cn1. The fourth-order valence-corrected chi connectivity index (χ4v) is 3.13. The molecular weight excluding hydrogens is 326 g/mol. The maximum absolute atomic E-state index is 10.6. The molecule has 0 aliphatic rings. The summed E-state index contributed by atoms with van der Waals surface area (Å²) in [5.41, 5.74) is 0.0343. The Morgan fingerprint density at radius 2 is 1.35 bits per heavy atom. The molecule has 26 heavy (non-hydrogen) atoms. The molecule has 5 heteroatoms. The number of hydrogen-bond acceptors (Lipinski definition) is 4. The van der Waals surface area contributed by atoms with E-state index < -0.39 is 4.92 Å². The summed E-state index contributed by atoms with van der Waals surface area (Å²) in [6.45, 7) is 3.15. The topological polar surface area (TPSA) is 68.1 Å². The molecule has 0 aliphatic carbocycles. The van der Waals surface area contributed by atoms with Crippen LogP contribution >= 0.6 is 0 Å². The van der Waals surface area contributed by atoms with Gasteiger partial charge in [-0.3, -0.25) is 10.1 Å². The lowest BCUT2D eigenvalue weighted by molar-refractivity contribution is -0.385. The molecule has 0 aliphatic heterocycles. The molecule has 0 saturated heterocycles. The molecular formula is C21H37N3O2. The van der Waals surface area contributed by atoms with E-state index >= 15 is 0 Å². The maximum atomic E-state index is 10.6. The van der Waals surface area contributed by atoms with E-state index in [1.165, 1.54) is 95.7 Å². The van der Waals surface area contributed by atoms with Gasteiger partial charge in [-0.05, 0) is 12.5 Å². The summed E-state index contributed by atoms with van der Waals surface area (Å²) in [7, 11) is 0. The third-order valence-electron chi connectivity index (χ3n) is 4.80. The molecule has 0 spiro atoms. The molecule has 0 bridgehead atoms. The fraction of sp³-hybridized carbons (Fsp3) is 0.762. The second-order valence-corrected chi connectivity index (χ2v) is 7.18. The van der Waals surface area contributed by atoms with E-state index in [0.717, 1.165) is 13.0 Å². The predicted molar refractivity (Wildman–Crippen MR) is 110 cm³/mol. The zero-order valence-corrected chi connectivity index (χ0v) is 16.5. The summed E-state index contributed by atoms with van der Waals surface area (Å²) >= 11 is 0. The van der Waals surface area contributed by atoms with Gasteiger partial charge in [-0.25, -0.2) is 4.98 Å².